The number of rotatable bonds is 6. The Kier molecular flexibility index (Phi) is 4.75. The Labute approximate surface area is 91.9 Å². The normalized spacial score (nSPS) is 13.4. The van der Waals surface area contributed by atoms with Gasteiger partial charge in [0.15, 0.2) is 0 Å². The number of aromatic nitrogens is 3. The standard InChI is InChI=1S/C11H22N4/c1-9(2)15-8-13-14-11(15)5-4-10(3)6-7-12/h8-10H,4-7,12H2,1-3H3. The van der Waals surface area contributed by atoms with Crippen LogP contribution in [0.15, 0.2) is 6.33 Å². The Morgan fingerprint density at radius 2 is 2.07 bits per heavy atom. The van der Waals surface area contributed by atoms with E-state index in [-0.39, 0.29) is 0 Å². The fourth-order valence-corrected chi connectivity index (χ4v) is 1.68. The quantitative estimate of drug-likeness (QED) is 0.778. The van der Waals surface area contributed by atoms with Crippen molar-refractivity contribution in [2.75, 3.05) is 6.54 Å². The van der Waals surface area contributed by atoms with Crippen LogP contribution in [0, 0.1) is 5.92 Å². The van der Waals surface area contributed by atoms with Crippen LogP contribution in [0.2, 0.25) is 0 Å². The molecule has 0 saturated carbocycles. The van der Waals surface area contributed by atoms with Crippen LogP contribution in [0.5, 0.6) is 0 Å². The van der Waals surface area contributed by atoms with Gasteiger partial charge in [-0.3, -0.25) is 0 Å². The van der Waals surface area contributed by atoms with Gasteiger partial charge in [-0.2, -0.15) is 0 Å². The summed E-state index contributed by atoms with van der Waals surface area (Å²) >= 11 is 0. The van der Waals surface area contributed by atoms with Gasteiger partial charge in [0, 0.05) is 12.5 Å². The maximum atomic E-state index is 5.52. The lowest BCUT2D eigenvalue weighted by Gasteiger charge is -2.12. The monoisotopic (exact) mass is 210 g/mol. The van der Waals surface area contributed by atoms with Gasteiger partial charge in [-0.1, -0.05) is 6.92 Å². The third kappa shape index (κ3) is 3.63. The maximum Gasteiger partial charge on any atom is 0.133 e. The van der Waals surface area contributed by atoms with E-state index < -0.39 is 0 Å². The Balaban J connectivity index is 2.46. The molecule has 4 nitrogen and oxygen atoms in total. The predicted molar refractivity (Wildman–Crippen MR) is 61.6 cm³/mol. The second-order valence-electron chi connectivity index (χ2n) is 4.47. The van der Waals surface area contributed by atoms with Gasteiger partial charge in [0.05, 0.1) is 0 Å². The first-order valence-corrected chi connectivity index (χ1v) is 5.73. The van der Waals surface area contributed by atoms with Gasteiger partial charge in [0.1, 0.15) is 12.2 Å². The summed E-state index contributed by atoms with van der Waals surface area (Å²) in [5.74, 6) is 1.76. The summed E-state index contributed by atoms with van der Waals surface area (Å²) in [6.45, 7) is 7.31. The average Bonchev–Trinajstić information content (AvgIpc) is 2.63. The van der Waals surface area contributed by atoms with E-state index in [1.807, 2.05) is 6.33 Å². The van der Waals surface area contributed by atoms with Crippen molar-refractivity contribution in [1.29, 1.82) is 0 Å². The molecular weight excluding hydrogens is 188 g/mol. The first-order chi connectivity index (χ1) is 7.15. The SMILES string of the molecule is CC(CCN)CCc1nncn1C(C)C. The van der Waals surface area contributed by atoms with Gasteiger partial charge >= 0.3 is 0 Å². The first-order valence-electron chi connectivity index (χ1n) is 5.73. The number of hydrogen-bond donors (Lipinski definition) is 1. The molecule has 0 aliphatic rings. The molecule has 0 saturated heterocycles. The highest BCUT2D eigenvalue weighted by molar-refractivity contribution is 4.88. The Morgan fingerprint density at radius 1 is 1.33 bits per heavy atom. The van der Waals surface area contributed by atoms with Crippen LogP contribution in [-0.2, 0) is 6.42 Å². The van der Waals surface area contributed by atoms with Crippen molar-refractivity contribution in [1.82, 2.24) is 14.8 Å². The summed E-state index contributed by atoms with van der Waals surface area (Å²) in [7, 11) is 0. The molecule has 1 aromatic heterocycles. The molecule has 4 heteroatoms. The summed E-state index contributed by atoms with van der Waals surface area (Å²) in [4.78, 5) is 0. The summed E-state index contributed by atoms with van der Waals surface area (Å²) in [6.07, 6.45) is 5.05. The fourth-order valence-electron chi connectivity index (χ4n) is 1.68. The molecule has 0 spiro atoms. The molecule has 1 atom stereocenters. The molecule has 0 aliphatic heterocycles. The Bertz CT molecular complexity index is 280. The van der Waals surface area contributed by atoms with Crippen molar-refractivity contribution in [2.45, 2.75) is 46.1 Å². The van der Waals surface area contributed by atoms with Crippen LogP contribution in [0.4, 0.5) is 0 Å². The number of nitrogens with zero attached hydrogens (tertiary/aromatic N) is 3. The largest absolute Gasteiger partial charge is 0.330 e. The van der Waals surface area contributed by atoms with E-state index in [0.29, 0.717) is 12.0 Å². The molecule has 1 unspecified atom stereocenters. The van der Waals surface area contributed by atoms with E-state index in [1.165, 1.54) is 0 Å². The van der Waals surface area contributed by atoms with Crippen molar-refractivity contribution < 1.29 is 0 Å². The third-order valence-electron chi connectivity index (χ3n) is 2.72. The molecule has 0 aromatic carbocycles. The van der Waals surface area contributed by atoms with Crippen LogP contribution in [0.3, 0.4) is 0 Å². The van der Waals surface area contributed by atoms with Crippen molar-refractivity contribution >= 4 is 0 Å². The molecule has 0 bridgehead atoms. The van der Waals surface area contributed by atoms with Crippen LogP contribution >= 0.6 is 0 Å². The van der Waals surface area contributed by atoms with Crippen molar-refractivity contribution in [2.24, 2.45) is 11.7 Å². The molecule has 86 valence electrons. The zero-order chi connectivity index (χ0) is 11.3. The summed E-state index contributed by atoms with van der Waals surface area (Å²) in [5, 5.41) is 8.11. The van der Waals surface area contributed by atoms with E-state index >= 15 is 0 Å². The maximum absolute atomic E-state index is 5.52. The highest BCUT2D eigenvalue weighted by Gasteiger charge is 2.09. The van der Waals surface area contributed by atoms with E-state index in [9.17, 15) is 0 Å². The van der Waals surface area contributed by atoms with Crippen molar-refractivity contribution in [3.63, 3.8) is 0 Å². The lowest BCUT2D eigenvalue weighted by atomic mass is 10.0. The second-order valence-corrected chi connectivity index (χ2v) is 4.47. The molecule has 1 heterocycles. The molecule has 15 heavy (non-hydrogen) atoms. The Hall–Kier alpha value is -0.900. The van der Waals surface area contributed by atoms with Crippen molar-refractivity contribution in [3.05, 3.63) is 12.2 Å². The van der Waals surface area contributed by atoms with Crippen molar-refractivity contribution in [3.8, 4) is 0 Å². The van der Waals surface area contributed by atoms with Gasteiger partial charge in [0.25, 0.3) is 0 Å². The van der Waals surface area contributed by atoms with Crippen LogP contribution in [0.1, 0.15) is 45.5 Å². The smallest absolute Gasteiger partial charge is 0.133 e. The predicted octanol–water partition coefficient (Wildman–Crippen LogP) is 1.78. The number of aryl methyl sites for hydroxylation is 1. The molecule has 1 aromatic rings. The highest BCUT2D eigenvalue weighted by Crippen LogP contribution is 2.13. The number of nitrogens with two attached hydrogens (primary N) is 1. The topological polar surface area (TPSA) is 56.7 Å². The lowest BCUT2D eigenvalue weighted by molar-refractivity contribution is 0.476. The third-order valence-corrected chi connectivity index (χ3v) is 2.72. The number of hydrogen-bond acceptors (Lipinski definition) is 3. The lowest BCUT2D eigenvalue weighted by Crippen LogP contribution is -2.10. The van der Waals surface area contributed by atoms with E-state index in [1.54, 1.807) is 0 Å². The van der Waals surface area contributed by atoms with E-state index in [4.69, 9.17) is 5.73 Å². The summed E-state index contributed by atoms with van der Waals surface area (Å²) in [6, 6.07) is 0.444. The molecule has 2 N–H and O–H groups in total. The van der Waals surface area contributed by atoms with Gasteiger partial charge in [0.2, 0.25) is 0 Å². The minimum absolute atomic E-state index is 0.444. The summed E-state index contributed by atoms with van der Waals surface area (Å²) in [5.41, 5.74) is 5.52. The minimum atomic E-state index is 0.444. The van der Waals surface area contributed by atoms with Gasteiger partial charge in [-0.05, 0) is 39.2 Å². The minimum Gasteiger partial charge on any atom is -0.330 e. The molecule has 0 aliphatic carbocycles. The van der Waals surface area contributed by atoms with Gasteiger partial charge < -0.3 is 10.3 Å². The zero-order valence-corrected chi connectivity index (χ0v) is 9.98. The average molecular weight is 210 g/mol. The van der Waals surface area contributed by atoms with E-state index in [0.717, 1.165) is 31.6 Å². The van der Waals surface area contributed by atoms with Crippen LogP contribution < -0.4 is 5.73 Å². The van der Waals surface area contributed by atoms with Gasteiger partial charge in [-0.15, -0.1) is 10.2 Å². The van der Waals surface area contributed by atoms with E-state index in [2.05, 4.69) is 35.5 Å². The molecule has 0 radical (unpaired) electrons. The first kappa shape index (κ1) is 12.2. The van der Waals surface area contributed by atoms with Crippen LogP contribution in [0.25, 0.3) is 0 Å². The molecular formula is C11H22N4. The highest BCUT2D eigenvalue weighted by atomic mass is 15.3. The summed E-state index contributed by atoms with van der Waals surface area (Å²) < 4.78 is 2.13. The Morgan fingerprint density at radius 3 is 2.67 bits per heavy atom. The fraction of sp³-hybridized carbons (Fsp3) is 0.818. The molecule has 0 fully saturated rings. The van der Waals surface area contributed by atoms with Crippen LogP contribution in [-0.4, -0.2) is 21.3 Å². The zero-order valence-electron chi connectivity index (χ0n) is 9.98. The second kappa shape index (κ2) is 5.85. The molecule has 0 amide bonds. The molecule has 1 rings (SSSR count). The van der Waals surface area contributed by atoms with Gasteiger partial charge in [-0.25, -0.2) is 0 Å².